The van der Waals surface area contributed by atoms with E-state index in [1.165, 1.54) is 45.2 Å². The Hall–Kier alpha value is -4.60. The zero-order valence-corrected chi connectivity index (χ0v) is 55.0. The van der Waals surface area contributed by atoms with Gasteiger partial charge in [0.25, 0.3) is 20.2 Å². The van der Waals surface area contributed by atoms with E-state index in [9.17, 15) is 31.2 Å². The lowest BCUT2D eigenvalue weighted by Gasteiger charge is -2.37. The summed E-state index contributed by atoms with van der Waals surface area (Å²) in [6.45, 7) is 22.3. The third kappa shape index (κ3) is 26.6. The van der Waals surface area contributed by atoms with Crippen LogP contribution < -0.4 is 10.2 Å². The molecule has 1 N–H and O–H groups in total. The Bertz CT molecular complexity index is 2980. The van der Waals surface area contributed by atoms with Crippen molar-refractivity contribution in [3.63, 3.8) is 0 Å². The normalized spacial score (nSPS) is 15.9. The van der Waals surface area contributed by atoms with E-state index in [-0.39, 0.29) is 78.0 Å². The van der Waals surface area contributed by atoms with Crippen molar-refractivity contribution in [3.05, 3.63) is 137 Å². The maximum Gasteiger partial charge on any atom is 0.264 e. The van der Waals surface area contributed by atoms with Crippen LogP contribution in [0.5, 0.6) is 0 Å². The molecule has 8 rings (SSSR count). The zero-order chi connectivity index (χ0) is 60.1. The Balaban J connectivity index is 0.000000303. The maximum absolute atomic E-state index is 12.5. The van der Waals surface area contributed by atoms with Crippen LogP contribution in [0.15, 0.2) is 109 Å². The van der Waals surface area contributed by atoms with Crippen LogP contribution in [0.25, 0.3) is 10.8 Å². The number of rotatable bonds is 20. The fourth-order valence-corrected chi connectivity index (χ4v) is 11.5. The molecule has 3 fully saturated rings. The van der Waals surface area contributed by atoms with E-state index in [0.717, 1.165) is 90.0 Å². The number of nitrogens with one attached hydrogen (secondary N) is 1. The smallest absolute Gasteiger partial charge is 0.264 e. The lowest BCUT2D eigenvalue weighted by atomic mass is 9.76. The molecule has 5 aromatic rings. The molecule has 0 bridgehead atoms. The topological polar surface area (TPSA) is 189 Å². The molecule has 3 heterocycles. The first-order valence-electron chi connectivity index (χ1n) is 28.7. The lowest BCUT2D eigenvalue weighted by molar-refractivity contribution is -0.153. The summed E-state index contributed by atoms with van der Waals surface area (Å²) in [6, 6.07) is 32.9. The zero-order valence-electron chi connectivity index (χ0n) is 51.0. The Kier molecular flexibility index (Phi) is 30.4. The van der Waals surface area contributed by atoms with Crippen LogP contribution in [0.4, 0.5) is 5.95 Å². The van der Waals surface area contributed by atoms with Gasteiger partial charge in [-0.1, -0.05) is 124 Å². The minimum absolute atomic E-state index is 0. The number of carbonyl (C=O) groups excluding carboxylic acids is 3. The average Bonchev–Trinajstić information content (AvgIpc) is 3.07. The van der Waals surface area contributed by atoms with Crippen LogP contribution in [0.3, 0.4) is 0 Å². The van der Waals surface area contributed by atoms with Crippen molar-refractivity contribution < 1.29 is 39.6 Å². The highest BCUT2D eigenvalue weighted by molar-refractivity contribution is 7.86. The van der Waals surface area contributed by atoms with E-state index in [2.05, 4.69) is 133 Å². The van der Waals surface area contributed by atoms with Crippen LogP contribution in [0.1, 0.15) is 140 Å². The number of anilines is 1. The van der Waals surface area contributed by atoms with Gasteiger partial charge in [0, 0.05) is 87.2 Å². The van der Waals surface area contributed by atoms with E-state index in [1.54, 1.807) is 36.7 Å². The van der Waals surface area contributed by atoms with Crippen LogP contribution in [-0.4, -0.2) is 143 Å². The van der Waals surface area contributed by atoms with Crippen molar-refractivity contribution in [1.29, 1.82) is 0 Å². The average molecular weight is 1260 g/mol. The molecule has 1 saturated carbocycles. The molecule has 2 aliphatic heterocycles. The highest BCUT2D eigenvalue weighted by Gasteiger charge is 2.44. The summed E-state index contributed by atoms with van der Waals surface area (Å²) in [5, 5.41) is 6.51. The number of likely N-dealkylation sites (tertiary alicyclic amines) is 1. The second kappa shape index (κ2) is 34.7. The Morgan fingerprint density at radius 1 is 0.714 bits per heavy atom. The molecule has 21 heteroatoms. The van der Waals surface area contributed by atoms with Crippen molar-refractivity contribution in [2.75, 3.05) is 76.9 Å². The minimum Gasteiger partial charge on any atom is -0.338 e. The number of ketones is 1. The van der Waals surface area contributed by atoms with E-state index < -0.39 is 20.2 Å². The summed E-state index contributed by atoms with van der Waals surface area (Å²) in [6.07, 6.45) is 13.9. The SMILES string of the molecule is CC(NC(C)(C)C)C(=O)c1cccc(Cl)c1.CN(Cc1ccc(C(C)(C)C)cc1)Cc1cccc2ccccc12.CS(=O)(=O)OCCCCOS(C)(=O)=O.Cl.Cl.O=C1CC2(CCCC2)CC(=O)N1CCCCN1CCN(c2ncccn2)CC1. The fraction of sp³-hybridized carbons (Fsp3) is 0.540. The number of imide groups is 1. The minimum atomic E-state index is -3.40. The number of nitrogens with zero attached hydrogens (tertiary/aromatic N) is 6. The maximum atomic E-state index is 12.5. The number of aromatic nitrogens is 2. The molecule has 84 heavy (non-hydrogen) atoms. The van der Waals surface area contributed by atoms with Crippen molar-refractivity contribution in [2.24, 2.45) is 5.41 Å². The predicted octanol–water partition coefficient (Wildman–Crippen LogP) is 11.7. The quantitative estimate of drug-likeness (QED) is 0.0335. The first-order valence-corrected chi connectivity index (χ1v) is 32.7. The largest absolute Gasteiger partial charge is 0.338 e. The summed E-state index contributed by atoms with van der Waals surface area (Å²) in [5.74, 6) is 1.01. The molecule has 4 aromatic carbocycles. The molecule has 1 unspecified atom stereocenters. The molecular weight excluding hydrogens is 1170 g/mol. The molecule has 1 spiro atoms. The third-order valence-electron chi connectivity index (χ3n) is 14.5. The summed E-state index contributed by atoms with van der Waals surface area (Å²) in [7, 11) is -4.60. The van der Waals surface area contributed by atoms with Gasteiger partial charge < -0.3 is 10.2 Å². The number of halogens is 3. The first kappa shape index (κ1) is 73.7. The number of unbranched alkanes of at least 4 members (excludes halogenated alkanes) is 2. The molecule has 0 radical (unpaired) electrons. The molecule has 1 atom stereocenters. The summed E-state index contributed by atoms with van der Waals surface area (Å²) < 4.78 is 50.8. The van der Waals surface area contributed by atoms with Gasteiger partial charge in [-0.25, -0.2) is 9.97 Å². The van der Waals surface area contributed by atoms with E-state index >= 15 is 0 Å². The summed E-state index contributed by atoms with van der Waals surface area (Å²) in [4.78, 5) is 54.3. The van der Waals surface area contributed by atoms with Gasteiger partial charge in [0.2, 0.25) is 17.8 Å². The van der Waals surface area contributed by atoms with E-state index in [4.69, 9.17) is 11.6 Å². The second-order valence-corrected chi connectivity index (χ2v) is 27.8. The van der Waals surface area contributed by atoms with Crippen molar-refractivity contribution in [3.8, 4) is 0 Å². The standard InChI is InChI=1S/C23H27N.C21H31N5O2.C13H18ClNO.C6H14O6S2.2ClH/c1-23(2,3)21-14-12-18(13-15-21)16-24(4)17-20-10-7-9-19-8-5-6-11-22(19)20;27-18-16-21(6-1-2-7-21)17-19(28)26(18)11-4-3-10-24-12-14-25(15-13-24)20-22-8-5-9-23-20;1-9(15-13(2,3)4)12(16)10-6-5-7-11(14)8-10;1-13(7,8)11-5-3-4-6-12-14(2,9)10;;/h5-15H,16-17H2,1-4H3;5,8-9H,1-4,6-7,10-17H2;5-9,15H,1-4H3;3-6H2,1-2H3;2*1H. The van der Waals surface area contributed by atoms with Gasteiger partial charge in [0.1, 0.15) is 0 Å². The number of hydrogen-bond donors (Lipinski definition) is 1. The Labute approximate surface area is 519 Å². The number of amides is 2. The molecule has 466 valence electrons. The number of fused-ring (bicyclic) bond motifs is 1. The number of piperidine rings is 1. The summed E-state index contributed by atoms with van der Waals surface area (Å²) >= 11 is 5.85. The molecule has 1 aromatic heterocycles. The van der Waals surface area contributed by atoms with Crippen molar-refractivity contribution in [1.82, 2.24) is 30.0 Å². The molecular formula is C63H92Cl3N7O9S2. The van der Waals surface area contributed by atoms with Crippen LogP contribution in [0, 0.1) is 5.41 Å². The number of carbonyl (C=O) groups is 3. The van der Waals surface area contributed by atoms with Gasteiger partial charge in [0.05, 0.1) is 31.8 Å². The lowest BCUT2D eigenvalue weighted by Crippen LogP contribution is -2.48. The first-order chi connectivity index (χ1) is 38.6. The van der Waals surface area contributed by atoms with E-state index in [0.29, 0.717) is 42.8 Å². The molecule has 2 saturated heterocycles. The van der Waals surface area contributed by atoms with Crippen LogP contribution in [0.2, 0.25) is 5.02 Å². The number of hydrogen-bond acceptors (Lipinski definition) is 15. The number of piperazine rings is 1. The predicted molar refractivity (Wildman–Crippen MR) is 344 cm³/mol. The number of benzene rings is 4. The van der Waals surface area contributed by atoms with Gasteiger partial charge in [-0.3, -0.25) is 37.4 Å². The molecule has 1 aliphatic carbocycles. The molecule has 3 aliphatic rings. The number of Topliss-reactive ketones (excluding diaryl/α,β-unsaturated/α-hetero) is 1. The van der Waals surface area contributed by atoms with Crippen LogP contribution in [-0.2, 0) is 56.7 Å². The Morgan fingerprint density at radius 2 is 1.26 bits per heavy atom. The monoisotopic (exact) mass is 1260 g/mol. The van der Waals surface area contributed by atoms with Gasteiger partial charge in [-0.05, 0) is 136 Å². The molecule has 16 nitrogen and oxygen atoms in total. The fourth-order valence-electron chi connectivity index (χ4n) is 10.4. The van der Waals surface area contributed by atoms with Gasteiger partial charge in [-0.15, -0.1) is 24.8 Å². The van der Waals surface area contributed by atoms with E-state index in [1.807, 2.05) is 33.8 Å². The van der Waals surface area contributed by atoms with Crippen LogP contribution >= 0.6 is 36.4 Å². The molecule has 2 amide bonds. The second-order valence-electron chi connectivity index (χ2n) is 24.1. The van der Waals surface area contributed by atoms with Crippen molar-refractivity contribution in [2.45, 2.75) is 143 Å². The van der Waals surface area contributed by atoms with Gasteiger partial charge in [-0.2, -0.15) is 16.8 Å². The Morgan fingerprint density at radius 3 is 1.81 bits per heavy atom. The third-order valence-corrected chi connectivity index (χ3v) is 15.9. The highest BCUT2D eigenvalue weighted by atomic mass is 35.5. The summed E-state index contributed by atoms with van der Waals surface area (Å²) in [5.41, 5.74) is 4.95. The van der Waals surface area contributed by atoms with Crippen molar-refractivity contribution >= 4 is 91.0 Å². The van der Waals surface area contributed by atoms with Gasteiger partial charge >= 0.3 is 0 Å². The van der Waals surface area contributed by atoms with Gasteiger partial charge in [0.15, 0.2) is 5.78 Å². The highest BCUT2D eigenvalue weighted by Crippen LogP contribution is 2.47.